The van der Waals surface area contributed by atoms with E-state index in [0.29, 0.717) is 6.42 Å². The second kappa shape index (κ2) is 4.38. The Balaban J connectivity index is 3.88. The molecule has 0 atom stereocenters. The minimum Gasteiger partial charge on any atom is -0.459 e. The van der Waals surface area contributed by atoms with Gasteiger partial charge in [-0.05, 0) is 20.3 Å². The Labute approximate surface area is 70.9 Å². The predicted octanol–water partition coefficient (Wildman–Crippen LogP) is 2.23. The molecule has 0 aromatic rings. The molecule has 0 aliphatic heterocycles. The summed E-state index contributed by atoms with van der Waals surface area (Å²) in [6, 6.07) is 0. The number of hydrogen-bond acceptors (Lipinski definition) is 2. The van der Waals surface area contributed by atoms with Crippen molar-refractivity contribution in [2.24, 2.45) is 5.41 Å². The van der Waals surface area contributed by atoms with Crippen molar-refractivity contribution in [3.8, 4) is 0 Å². The van der Waals surface area contributed by atoms with Crippen LogP contribution in [0.25, 0.3) is 0 Å². The van der Waals surface area contributed by atoms with Crippen LogP contribution in [-0.4, -0.2) is 19.0 Å². The molecular weight excluding hydrogens is 166 g/mol. The molecule has 0 aliphatic rings. The number of halogens is 2. The van der Waals surface area contributed by atoms with E-state index in [0.717, 1.165) is 0 Å². The third-order valence-electron chi connectivity index (χ3n) is 1.78. The predicted molar refractivity (Wildman–Crippen MR) is 41.0 cm³/mol. The summed E-state index contributed by atoms with van der Waals surface area (Å²) in [5.74, 6) is -0.565. The van der Waals surface area contributed by atoms with E-state index in [9.17, 15) is 13.6 Å². The van der Waals surface area contributed by atoms with Gasteiger partial charge in [0.05, 0.1) is 5.41 Å². The summed E-state index contributed by atoms with van der Waals surface area (Å²) in [6.07, 6.45) is -2.00. The van der Waals surface area contributed by atoms with Crippen LogP contribution in [0, 0.1) is 5.41 Å². The van der Waals surface area contributed by atoms with Gasteiger partial charge < -0.3 is 4.74 Å². The lowest BCUT2D eigenvalue weighted by atomic mass is 9.91. The van der Waals surface area contributed by atoms with Crippen molar-refractivity contribution in [2.75, 3.05) is 6.61 Å². The highest BCUT2D eigenvalue weighted by Crippen LogP contribution is 2.21. The Morgan fingerprint density at radius 2 is 2.00 bits per heavy atom. The summed E-state index contributed by atoms with van der Waals surface area (Å²) in [5.41, 5.74) is -0.658. The van der Waals surface area contributed by atoms with E-state index in [1.54, 1.807) is 13.8 Å². The smallest absolute Gasteiger partial charge is 0.311 e. The van der Waals surface area contributed by atoms with E-state index in [1.807, 2.05) is 6.92 Å². The van der Waals surface area contributed by atoms with Crippen LogP contribution in [0.3, 0.4) is 0 Å². The Bertz CT molecular complexity index is 155. The zero-order valence-corrected chi connectivity index (χ0v) is 7.56. The van der Waals surface area contributed by atoms with Gasteiger partial charge in [0.2, 0.25) is 0 Å². The van der Waals surface area contributed by atoms with Crippen LogP contribution in [-0.2, 0) is 9.53 Å². The number of esters is 1. The summed E-state index contributed by atoms with van der Waals surface area (Å²) in [7, 11) is 0. The molecule has 0 radical (unpaired) electrons. The zero-order chi connectivity index (χ0) is 9.78. The Kier molecular flexibility index (Phi) is 4.13. The Hall–Kier alpha value is -0.670. The highest BCUT2D eigenvalue weighted by atomic mass is 19.3. The van der Waals surface area contributed by atoms with Crippen LogP contribution in [0.2, 0.25) is 0 Å². The molecule has 0 aromatic carbocycles. The number of hydrogen-bond donors (Lipinski definition) is 0. The average Bonchev–Trinajstić information content (AvgIpc) is 2.00. The number of alkyl halides is 2. The van der Waals surface area contributed by atoms with E-state index < -0.39 is 24.4 Å². The molecule has 12 heavy (non-hydrogen) atoms. The lowest BCUT2D eigenvalue weighted by Crippen LogP contribution is -2.27. The number of ether oxygens (including phenoxy) is 1. The van der Waals surface area contributed by atoms with Gasteiger partial charge in [-0.3, -0.25) is 4.79 Å². The van der Waals surface area contributed by atoms with Crippen LogP contribution >= 0.6 is 0 Å². The third-order valence-corrected chi connectivity index (χ3v) is 1.78. The molecule has 4 heteroatoms. The summed E-state index contributed by atoms with van der Waals surface area (Å²) < 4.78 is 27.6. The molecule has 0 rings (SSSR count). The maximum absolute atomic E-state index is 11.6. The average molecular weight is 180 g/mol. The van der Waals surface area contributed by atoms with Crippen LogP contribution in [0.1, 0.15) is 27.2 Å². The second-order valence-corrected chi connectivity index (χ2v) is 3.23. The first-order chi connectivity index (χ1) is 5.40. The molecule has 72 valence electrons. The molecule has 0 saturated carbocycles. The van der Waals surface area contributed by atoms with Crippen molar-refractivity contribution in [1.29, 1.82) is 0 Å². The normalized spacial score (nSPS) is 11.8. The minimum absolute atomic E-state index is 0.565. The molecule has 0 heterocycles. The second-order valence-electron chi connectivity index (χ2n) is 3.23. The molecule has 0 fully saturated rings. The number of carbonyl (C=O) groups is 1. The fourth-order valence-corrected chi connectivity index (χ4v) is 0.478. The maximum Gasteiger partial charge on any atom is 0.311 e. The highest BCUT2D eigenvalue weighted by Gasteiger charge is 2.27. The molecule has 0 spiro atoms. The molecule has 0 saturated heterocycles. The van der Waals surface area contributed by atoms with Gasteiger partial charge >= 0.3 is 5.97 Å². The van der Waals surface area contributed by atoms with Crippen LogP contribution in [0.5, 0.6) is 0 Å². The van der Waals surface area contributed by atoms with Crippen LogP contribution in [0.15, 0.2) is 0 Å². The summed E-state index contributed by atoms with van der Waals surface area (Å²) in [4.78, 5) is 11.0. The standard InChI is InChI=1S/C8H14F2O2/c1-4-8(2,3)7(11)12-5-6(9)10/h6H,4-5H2,1-3H3. The van der Waals surface area contributed by atoms with Crippen molar-refractivity contribution in [1.82, 2.24) is 0 Å². The van der Waals surface area contributed by atoms with E-state index in [1.165, 1.54) is 0 Å². The van der Waals surface area contributed by atoms with E-state index in [-0.39, 0.29) is 0 Å². The third kappa shape index (κ3) is 3.64. The van der Waals surface area contributed by atoms with Gasteiger partial charge in [0.1, 0.15) is 0 Å². The van der Waals surface area contributed by atoms with Crippen molar-refractivity contribution < 1.29 is 18.3 Å². The van der Waals surface area contributed by atoms with Crippen LogP contribution < -0.4 is 0 Å². The van der Waals surface area contributed by atoms with Gasteiger partial charge in [0.15, 0.2) is 6.61 Å². The van der Waals surface area contributed by atoms with Gasteiger partial charge in [-0.25, -0.2) is 8.78 Å². The lowest BCUT2D eigenvalue weighted by Gasteiger charge is -2.19. The van der Waals surface area contributed by atoms with Gasteiger partial charge in [0, 0.05) is 0 Å². The fourth-order valence-electron chi connectivity index (χ4n) is 0.478. The first-order valence-corrected chi connectivity index (χ1v) is 3.85. The lowest BCUT2D eigenvalue weighted by molar-refractivity contribution is -0.158. The first-order valence-electron chi connectivity index (χ1n) is 3.85. The molecule has 2 nitrogen and oxygen atoms in total. The van der Waals surface area contributed by atoms with Crippen molar-refractivity contribution in [3.63, 3.8) is 0 Å². The Morgan fingerprint density at radius 3 is 2.33 bits per heavy atom. The molecule has 0 bridgehead atoms. The number of rotatable bonds is 4. The molecule has 0 N–H and O–H groups in total. The topological polar surface area (TPSA) is 26.3 Å². The SMILES string of the molecule is CCC(C)(C)C(=O)OCC(F)F. The van der Waals surface area contributed by atoms with Crippen LogP contribution in [0.4, 0.5) is 8.78 Å². The summed E-state index contributed by atoms with van der Waals surface area (Å²) in [5, 5.41) is 0. The van der Waals surface area contributed by atoms with E-state index in [2.05, 4.69) is 4.74 Å². The maximum atomic E-state index is 11.6. The van der Waals surface area contributed by atoms with Gasteiger partial charge in [0.25, 0.3) is 6.43 Å². The van der Waals surface area contributed by atoms with Gasteiger partial charge in [-0.15, -0.1) is 0 Å². The first kappa shape index (κ1) is 11.3. The molecule has 0 aliphatic carbocycles. The number of carbonyl (C=O) groups excluding carboxylic acids is 1. The monoisotopic (exact) mass is 180 g/mol. The molecular formula is C8H14F2O2. The Morgan fingerprint density at radius 1 is 1.50 bits per heavy atom. The van der Waals surface area contributed by atoms with Gasteiger partial charge in [-0.2, -0.15) is 0 Å². The van der Waals surface area contributed by atoms with Gasteiger partial charge in [-0.1, -0.05) is 6.92 Å². The highest BCUT2D eigenvalue weighted by molar-refractivity contribution is 5.75. The quantitative estimate of drug-likeness (QED) is 0.620. The summed E-state index contributed by atoms with van der Waals surface area (Å²) in [6.45, 7) is 4.34. The minimum atomic E-state index is -2.58. The van der Waals surface area contributed by atoms with Crippen molar-refractivity contribution in [3.05, 3.63) is 0 Å². The van der Waals surface area contributed by atoms with Crippen molar-refractivity contribution in [2.45, 2.75) is 33.6 Å². The van der Waals surface area contributed by atoms with E-state index >= 15 is 0 Å². The summed E-state index contributed by atoms with van der Waals surface area (Å²) >= 11 is 0. The molecule has 0 amide bonds. The molecule has 0 unspecified atom stereocenters. The fraction of sp³-hybridized carbons (Fsp3) is 0.875. The largest absolute Gasteiger partial charge is 0.459 e. The van der Waals surface area contributed by atoms with E-state index in [4.69, 9.17) is 0 Å². The zero-order valence-electron chi connectivity index (χ0n) is 7.56. The van der Waals surface area contributed by atoms with Crippen molar-refractivity contribution >= 4 is 5.97 Å². The molecule has 0 aromatic heterocycles.